The van der Waals surface area contributed by atoms with Crippen LogP contribution >= 0.6 is 0 Å². The highest BCUT2D eigenvalue weighted by molar-refractivity contribution is 7.89. The molecule has 22 heavy (non-hydrogen) atoms. The number of nitrogens with zero attached hydrogens (tertiary/aromatic N) is 1. The molecular weight excluding hydrogens is 316 g/mol. The fourth-order valence-corrected chi connectivity index (χ4v) is 3.02. The van der Waals surface area contributed by atoms with Crippen LogP contribution in [0.1, 0.15) is 27.1 Å². The van der Waals surface area contributed by atoms with Gasteiger partial charge in [0.1, 0.15) is 5.25 Å². The van der Waals surface area contributed by atoms with E-state index in [4.69, 9.17) is 5.14 Å². The number of anilines is 1. The Balaban J connectivity index is 2.59. The summed E-state index contributed by atoms with van der Waals surface area (Å²) in [7, 11) is -4.00. The predicted molar refractivity (Wildman–Crippen MR) is 74.2 cm³/mol. The monoisotopic (exact) mass is 328 g/mol. The molecule has 1 aromatic carbocycles. The van der Waals surface area contributed by atoms with E-state index in [1.165, 1.54) is 6.07 Å². The summed E-state index contributed by atoms with van der Waals surface area (Å²) >= 11 is 0. The van der Waals surface area contributed by atoms with Gasteiger partial charge in [0, 0.05) is 13.0 Å². The van der Waals surface area contributed by atoms with Crippen LogP contribution in [0.25, 0.3) is 0 Å². The molecule has 0 spiro atoms. The van der Waals surface area contributed by atoms with E-state index in [2.05, 4.69) is 0 Å². The number of amides is 1. The molecule has 0 saturated carbocycles. The molecule has 1 saturated heterocycles. The van der Waals surface area contributed by atoms with Crippen LogP contribution in [0.2, 0.25) is 0 Å². The number of carboxylic acid groups (broad SMARTS) is 2. The van der Waals surface area contributed by atoms with Crippen LogP contribution in [-0.2, 0) is 14.8 Å². The van der Waals surface area contributed by atoms with Crippen LogP contribution in [0.4, 0.5) is 5.69 Å². The molecular formula is C12H12N2O7S. The van der Waals surface area contributed by atoms with E-state index in [0.717, 1.165) is 17.0 Å². The molecule has 0 aliphatic carbocycles. The number of carboxylic acids is 2. The first-order valence-electron chi connectivity index (χ1n) is 6.04. The number of carbonyl (C=O) groups is 3. The summed E-state index contributed by atoms with van der Waals surface area (Å²) < 4.78 is 22.7. The molecule has 9 nitrogen and oxygen atoms in total. The second kappa shape index (κ2) is 5.39. The molecule has 118 valence electrons. The Bertz CT molecular complexity index is 739. The molecule has 1 amide bonds. The lowest BCUT2D eigenvalue weighted by molar-refractivity contribution is -0.117. The molecule has 0 radical (unpaired) electrons. The lowest BCUT2D eigenvalue weighted by Gasteiger charge is -2.20. The molecule has 1 aliphatic rings. The first-order chi connectivity index (χ1) is 10.1. The smallest absolute Gasteiger partial charge is 0.337 e. The van der Waals surface area contributed by atoms with E-state index in [1.807, 2.05) is 0 Å². The van der Waals surface area contributed by atoms with E-state index in [1.54, 1.807) is 0 Å². The van der Waals surface area contributed by atoms with Crippen molar-refractivity contribution in [2.24, 2.45) is 5.14 Å². The van der Waals surface area contributed by atoms with Crippen molar-refractivity contribution in [2.75, 3.05) is 11.4 Å². The van der Waals surface area contributed by atoms with E-state index in [-0.39, 0.29) is 12.2 Å². The van der Waals surface area contributed by atoms with Gasteiger partial charge in [-0.1, -0.05) is 6.07 Å². The third-order valence-corrected chi connectivity index (χ3v) is 4.57. The normalized spacial score (nSPS) is 18.5. The summed E-state index contributed by atoms with van der Waals surface area (Å²) in [6.45, 7) is -0.387. The molecule has 2 rings (SSSR count). The molecule has 1 fully saturated rings. The minimum Gasteiger partial charge on any atom is -0.478 e. The quantitative estimate of drug-likeness (QED) is 0.671. The number of rotatable bonds is 4. The van der Waals surface area contributed by atoms with Crippen LogP contribution in [0.3, 0.4) is 0 Å². The van der Waals surface area contributed by atoms with Crippen LogP contribution in [0.5, 0.6) is 0 Å². The highest BCUT2D eigenvalue weighted by Gasteiger charge is 2.40. The van der Waals surface area contributed by atoms with Crippen molar-refractivity contribution >= 4 is 33.6 Å². The number of hydrogen-bond acceptors (Lipinski definition) is 5. The molecule has 4 N–H and O–H groups in total. The van der Waals surface area contributed by atoms with E-state index in [0.29, 0.717) is 0 Å². The highest BCUT2D eigenvalue weighted by Crippen LogP contribution is 2.31. The van der Waals surface area contributed by atoms with Gasteiger partial charge in [-0.05, 0) is 12.1 Å². The third-order valence-electron chi connectivity index (χ3n) is 3.32. The summed E-state index contributed by atoms with van der Waals surface area (Å²) in [4.78, 5) is 35.4. The van der Waals surface area contributed by atoms with Gasteiger partial charge in [-0.15, -0.1) is 0 Å². The molecule has 0 bridgehead atoms. The van der Waals surface area contributed by atoms with Crippen molar-refractivity contribution in [1.82, 2.24) is 0 Å². The van der Waals surface area contributed by atoms with Gasteiger partial charge in [0.05, 0.1) is 16.8 Å². The lowest BCUT2D eigenvalue weighted by Crippen LogP contribution is -2.33. The molecule has 1 unspecified atom stereocenters. The lowest BCUT2D eigenvalue weighted by atomic mass is 10.1. The first kappa shape index (κ1) is 15.9. The van der Waals surface area contributed by atoms with Gasteiger partial charge in [-0.2, -0.15) is 0 Å². The number of benzene rings is 1. The summed E-state index contributed by atoms with van der Waals surface area (Å²) in [6, 6.07) is 3.51. The maximum absolute atomic E-state index is 12.0. The summed E-state index contributed by atoms with van der Waals surface area (Å²) in [5.74, 6) is -3.55. The zero-order valence-electron chi connectivity index (χ0n) is 11.1. The van der Waals surface area contributed by atoms with Gasteiger partial charge in [-0.25, -0.2) is 23.1 Å². The number of nitrogens with two attached hydrogens (primary N) is 1. The maximum Gasteiger partial charge on any atom is 0.337 e. The van der Waals surface area contributed by atoms with Crippen LogP contribution < -0.4 is 10.0 Å². The number of carbonyl (C=O) groups excluding carboxylic acids is 1. The molecule has 1 heterocycles. The fraction of sp³-hybridized carbons (Fsp3) is 0.250. The van der Waals surface area contributed by atoms with Gasteiger partial charge in [-0.3, -0.25) is 4.79 Å². The Morgan fingerprint density at radius 1 is 1.18 bits per heavy atom. The van der Waals surface area contributed by atoms with Gasteiger partial charge in [0.25, 0.3) is 0 Å². The second-order valence-electron chi connectivity index (χ2n) is 4.73. The summed E-state index contributed by atoms with van der Waals surface area (Å²) in [5, 5.41) is 22.1. The van der Waals surface area contributed by atoms with Crippen molar-refractivity contribution < 1.29 is 33.0 Å². The molecule has 1 aromatic rings. The van der Waals surface area contributed by atoms with Gasteiger partial charge >= 0.3 is 11.9 Å². The zero-order chi connectivity index (χ0) is 16.7. The van der Waals surface area contributed by atoms with Crippen molar-refractivity contribution in [3.63, 3.8) is 0 Å². The SMILES string of the molecule is NS(=O)(=O)C1CC(=O)N(c2c(C(=O)O)cccc2C(=O)O)C1. The van der Waals surface area contributed by atoms with Crippen molar-refractivity contribution in [3.05, 3.63) is 29.3 Å². The van der Waals surface area contributed by atoms with E-state index < -0.39 is 50.7 Å². The van der Waals surface area contributed by atoms with Gasteiger partial charge in [0.2, 0.25) is 15.9 Å². The number of sulfonamides is 1. The topological polar surface area (TPSA) is 155 Å². The van der Waals surface area contributed by atoms with Crippen LogP contribution in [0, 0.1) is 0 Å². The zero-order valence-corrected chi connectivity index (χ0v) is 11.9. The minimum absolute atomic E-state index is 0.335. The first-order valence-corrected chi connectivity index (χ1v) is 7.65. The molecule has 10 heteroatoms. The Hall–Kier alpha value is -2.46. The standard InChI is InChI=1S/C12H12N2O7S/c13-22(20,21)6-4-9(15)14(5-6)10-7(11(16)17)2-1-3-8(10)12(18)19/h1-3,6H,4-5H2,(H,16,17)(H,18,19)(H2,13,20,21). The number of aromatic carboxylic acids is 2. The highest BCUT2D eigenvalue weighted by atomic mass is 32.2. The number of para-hydroxylation sites is 1. The van der Waals surface area contributed by atoms with E-state index in [9.17, 15) is 33.0 Å². The molecule has 1 aliphatic heterocycles. The Morgan fingerprint density at radius 3 is 2.05 bits per heavy atom. The van der Waals surface area contributed by atoms with Gasteiger partial charge < -0.3 is 15.1 Å². The summed E-state index contributed by atoms with van der Waals surface area (Å²) in [5.41, 5.74) is -1.13. The third kappa shape index (κ3) is 2.78. The van der Waals surface area contributed by atoms with Crippen molar-refractivity contribution in [1.29, 1.82) is 0 Å². The molecule has 0 aromatic heterocycles. The average molecular weight is 328 g/mol. The Labute approximate surface area is 125 Å². The largest absolute Gasteiger partial charge is 0.478 e. The van der Waals surface area contributed by atoms with E-state index >= 15 is 0 Å². The predicted octanol–water partition coefficient (Wildman–Crippen LogP) is -0.523. The van der Waals surface area contributed by atoms with Crippen LogP contribution in [-0.4, -0.2) is 48.3 Å². The second-order valence-corrected chi connectivity index (χ2v) is 6.58. The van der Waals surface area contributed by atoms with Crippen molar-refractivity contribution in [3.8, 4) is 0 Å². The Kier molecular flexibility index (Phi) is 3.90. The molecule has 1 atom stereocenters. The minimum atomic E-state index is -4.00. The number of hydrogen-bond donors (Lipinski definition) is 3. The number of primary sulfonamides is 1. The summed E-state index contributed by atoms with van der Waals surface area (Å²) in [6.07, 6.45) is -0.425. The maximum atomic E-state index is 12.0. The van der Waals surface area contributed by atoms with Crippen LogP contribution in [0.15, 0.2) is 18.2 Å². The van der Waals surface area contributed by atoms with Crippen molar-refractivity contribution in [2.45, 2.75) is 11.7 Å². The Morgan fingerprint density at radius 2 is 1.68 bits per heavy atom. The fourth-order valence-electron chi connectivity index (χ4n) is 2.29. The average Bonchev–Trinajstić information content (AvgIpc) is 2.79. The van der Waals surface area contributed by atoms with Gasteiger partial charge in [0.15, 0.2) is 0 Å².